The first-order chi connectivity index (χ1) is 4.18. The summed E-state index contributed by atoms with van der Waals surface area (Å²) in [4.78, 5) is 4.11. The van der Waals surface area contributed by atoms with E-state index >= 15 is 0 Å². The fraction of sp³-hybridized carbons (Fsp3) is 0.571. The number of nitrogens with zero attached hydrogens (tertiary/aromatic N) is 1. The van der Waals surface area contributed by atoms with Crippen LogP contribution in [-0.2, 0) is 0 Å². The van der Waals surface area contributed by atoms with Crippen molar-refractivity contribution in [2.45, 2.75) is 19.2 Å². The van der Waals surface area contributed by atoms with E-state index in [1.807, 2.05) is 13.8 Å². The van der Waals surface area contributed by atoms with Gasteiger partial charge in [-0.25, -0.2) is 0 Å². The van der Waals surface area contributed by atoms with Crippen molar-refractivity contribution in [2.75, 3.05) is 6.54 Å². The summed E-state index contributed by atoms with van der Waals surface area (Å²) in [6.45, 7) is 8.04. The molecule has 52 valence electrons. The highest BCUT2D eigenvalue weighted by Crippen LogP contribution is 1.96. The predicted octanol–water partition coefficient (Wildman–Crippen LogP) is 2.26. The van der Waals surface area contributed by atoms with Gasteiger partial charge in [0.2, 0.25) is 0 Å². The number of alkyl halides is 1. The van der Waals surface area contributed by atoms with Crippen molar-refractivity contribution in [2.24, 2.45) is 4.99 Å². The molecule has 0 spiro atoms. The average molecular weight is 146 g/mol. The molecule has 0 amide bonds. The molecule has 0 rings (SSSR count). The van der Waals surface area contributed by atoms with Gasteiger partial charge in [0.15, 0.2) is 0 Å². The summed E-state index contributed by atoms with van der Waals surface area (Å²) in [7, 11) is 0. The molecule has 0 aliphatic carbocycles. The molecule has 0 saturated heterocycles. The normalized spacial score (nSPS) is 15.2. The van der Waals surface area contributed by atoms with Gasteiger partial charge in [-0.3, -0.25) is 4.99 Å². The summed E-state index contributed by atoms with van der Waals surface area (Å²) in [5.41, 5.74) is 0.969. The Labute approximate surface area is 61.4 Å². The van der Waals surface area contributed by atoms with E-state index in [4.69, 9.17) is 11.6 Å². The highest BCUT2D eigenvalue weighted by Gasteiger charge is 1.96. The van der Waals surface area contributed by atoms with Gasteiger partial charge in [-0.2, -0.15) is 0 Å². The minimum absolute atomic E-state index is 0.0462. The van der Waals surface area contributed by atoms with Crippen molar-refractivity contribution in [3.8, 4) is 0 Å². The van der Waals surface area contributed by atoms with Crippen molar-refractivity contribution >= 4 is 17.3 Å². The van der Waals surface area contributed by atoms with Crippen molar-refractivity contribution < 1.29 is 0 Å². The van der Waals surface area contributed by atoms with E-state index in [0.717, 1.165) is 5.71 Å². The summed E-state index contributed by atoms with van der Waals surface area (Å²) in [6.07, 6.45) is 1.75. The van der Waals surface area contributed by atoms with Gasteiger partial charge in [0.25, 0.3) is 0 Å². The van der Waals surface area contributed by atoms with Crippen LogP contribution in [0.2, 0.25) is 0 Å². The number of hydrogen-bond donors (Lipinski definition) is 0. The molecular weight excluding hydrogens is 134 g/mol. The van der Waals surface area contributed by atoms with Gasteiger partial charge in [-0.15, -0.1) is 18.2 Å². The molecule has 0 aromatic carbocycles. The van der Waals surface area contributed by atoms with Crippen LogP contribution in [0.25, 0.3) is 0 Å². The molecule has 0 N–H and O–H groups in total. The zero-order valence-corrected chi connectivity index (χ0v) is 6.65. The van der Waals surface area contributed by atoms with E-state index in [-0.39, 0.29) is 5.38 Å². The summed E-state index contributed by atoms with van der Waals surface area (Å²) in [6, 6.07) is 0. The lowest BCUT2D eigenvalue weighted by Crippen LogP contribution is -2.05. The van der Waals surface area contributed by atoms with E-state index in [1.165, 1.54) is 0 Å². The van der Waals surface area contributed by atoms with Crippen LogP contribution in [0.4, 0.5) is 0 Å². The second-order valence-corrected chi connectivity index (χ2v) is 2.54. The minimum Gasteiger partial charge on any atom is -0.289 e. The summed E-state index contributed by atoms with van der Waals surface area (Å²) in [5.74, 6) is 0. The Morgan fingerprint density at radius 1 is 1.89 bits per heavy atom. The van der Waals surface area contributed by atoms with Gasteiger partial charge in [0, 0.05) is 5.71 Å². The van der Waals surface area contributed by atoms with E-state index in [0.29, 0.717) is 6.54 Å². The SMILES string of the molecule is C=CCN=C(C)C(C)Cl. The molecule has 0 radical (unpaired) electrons. The van der Waals surface area contributed by atoms with Crippen molar-refractivity contribution in [3.05, 3.63) is 12.7 Å². The van der Waals surface area contributed by atoms with E-state index < -0.39 is 0 Å². The summed E-state index contributed by atoms with van der Waals surface area (Å²) >= 11 is 5.70. The quantitative estimate of drug-likeness (QED) is 0.328. The lowest BCUT2D eigenvalue weighted by Gasteiger charge is -1.98. The maximum atomic E-state index is 5.70. The molecule has 0 saturated carbocycles. The number of rotatable bonds is 3. The zero-order valence-electron chi connectivity index (χ0n) is 5.89. The fourth-order valence-electron chi connectivity index (χ4n) is 0.334. The lowest BCUT2D eigenvalue weighted by atomic mass is 10.3. The van der Waals surface area contributed by atoms with E-state index in [9.17, 15) is 0 Å². The molecule has 0 aromatic rings. The molecular formula is C7H12ClN. The highest BCUT2D eigenvalue weighted by atomic mass is 35.5. The topological polar surface area (TPSA) is 12.4 Å². The van der Waals surface area contributed by atoms with Crippen LogP contribution < -0.4 is 0 Å². The van der Waals surface area contributed by atoms with E-state index in [1.54, 1.807) is 6.08 Å². The lowest BCUT2D eigenvalue weighted by molar-refractivity contribution is 1.17. The van der Waals surface area contributed by atoms with Crippen LogP contribution in [0, 0.1) is 0 Å². The molecule has 9 heavy (non-hydrogen) atoms. The third-order valence-electron chi connectivity index (χ3n) is 1.05. The molecule has 1 unspecified atom stereocenters. The largest absolute Gasteiger partial charge is 0.289 e. The van der Waals surface area contributed by atoms with Crippen molar-refractivity contribution in [1.82, 2.24) is 0 Å². The van der Waals surface area contributed by atoms with Crippen molar-refractivity contribution in [1.29, 1.82) is 0 Å². The Balaban J connectivity index is 3.68. The third kappa shape index (κ3) is 4.22. The Hall–Kier alpha value is -0.300. The van der Waals surface area contributed by atoms with Crippen LogP contribution >= 0.6 is 11.6 Å². The molecule has 2 heteroatoms. The molecule has 1 atom stereocenters. The minimum atomic E-state index is 0.0462. The smallest absolute Gasteiger partial charge is 0.0683 e. The predicted molar refractivity (Wildman–Crippen MR) is 43.5 cm³/mol. The molecule has 1 nitrogen and oxygen atoms in total. The molecule has 0 bridgehead atoms. The molecule has 0 aliphatic rings. The van der Waals surface area contributed by atoms with E-state index in [2.05, 4.69) is 11.6 Å². The van der Waals surface area contributed by atoms with Crippen molar-refractivity contribution in [3.63, 3.8) is 0 Å². The standard InChI is InChI=1S/C7H12ClN/c1-4-5-9-7(3)6(2)8/h4,6H,1,5H2,2-3H3. The summed E-state index contributed by atoms with van der Waals surface area (Å²) in [5, 5.41) is 0.0462. The van der Waals surface area contributed by atoms with Gasteiger partial charge in [0.1, 0.15) is 0 Å². The summed E-state index contributed by atoms with van der Waals surface area (Å²) < 4.78 is 0. The van der Waals surface area contributed by atoms with Gasteiger partial charge >= 0.3 is 0 Å². The number of aliphatic imine (C=N–C) groups is 1. The third-order valence-corrected chi connectivity index (χ3v) is 1.36. The number of hydrogen-bond acceptors (Lipinski definition) is 1. The van der Waals surface area contributed by atoms with Gasteiger partial charge in [0.05, 0.1) is 11.9 Å². The Bertz CT molecular complexity index is 116. The molecule has 0 aliphatic heterocycles. The van der Waals surface area contributed by atoms with Crippen LogP contribution in [0.5, 0.6) is 0 Å². The fourth-order valence-corrected chi connectivity index (χ4v) is 0.403. The number of halogens is 1. The maximum absolute atomic E-state index is 5.70. The van der Waals surface area contributed by atoms with Gasteiger partial charge < -0.3 is 0 Å². The highest BCUT2D eigenvalue weighted by molar-refractivity contribution is 6.31. The molecule has 0 aromatic heterocycles. The Kier molecular flexibility index (Phi) is 4.41. The first kappa shape index (κ1) is 8.70. The van der Waals surface area contributed by atoms with Gasteiger partial charge in [-0.1, -0.05) is 6.08 Å². The second kappa shape index (κ2) is 4.57. The monoisotopic (exact) mass is 145 g/mol. The molecule has 0 heterocycles. The Morgan fingerprint density at radius 2 is 2.44 bits per heavy atom. The average Bonchev–Trinajstić information content (AvgIpc) is 1.82. The van der Waals surface area contributed by atoms with Crippen LogP contribution in [0.15, 0.2) is 17.6 Å². The maximum Gasteiger partial charge on any atom is 0.0683 e. The zero-order chi connectivity index (χ0) is 7.28. The van der Waals surface area contributed by atoms with Crippen LogP contribution in [0.1, 0.15) is 13.8 Å². The second-order valence-electron chi connectivity index (χ2n) is 1.89. The van der Waals surface area contributed by atoms with Crippen LogP contribution in [-0.4, -0.2) is 17.6 Å². The first-order valence-electron chi connectivity index (χ1n) is 2.94. The first-order valence-corrected chi connectivity index (χ1v) is 3.38. The Morgan fingerprint density at radius 3 is 2.78 bits per heavy atom. The molecule has 0 fully saturated rings. The van der Waals surface area contributed by atoms with Gasteiger partial charge in [-0.05, 0) is 13.8 Å². The van der Waals surface area contributed by atoms with Crippen LogP contribution in [0.3, 0.4) is 0 Å².